The molecule has 1 aliphatic carbocycles. The minimum absolute atomic E-state index is 0.340. The van der Waals surface area contributed by atoms with Gasteiger partial charge in [0.2, 0.25) is 0 Å². The minimum atomic E-state index is -0.774. The van der Waals surface area contributed by atoms with E-state index in [4.69, 9.17) is 0 Å². The lowest BCUT2D eigenvalue weighted by molar-refractivity contribution is -0.0650. The first-order valence-corrected chi connectivity index (χ1v) is 12.7. The van der Waals surface area contributed by atoms with Gasteiger partial charge in [-0.25, -0.2) is 8.78 Å². The van der Waals surface area contributed by atoms with Crippen molar-refractivity contribution in [3.63, 3.8) is 0 Å². The first-order valence-electron chi connectivity index (χ1n) is 12.7. The van der Waals surface area contributed by atoms with Gasteiger partial charge < -0.3 is 5.32 Å². The number of nitrogens with zero attached hydrogens (tertiary/aromatic N) is 2. The molecule has 0 amide bonds. The fourth-order valence-corrected chi connectivity index (χ4v) is 6.49. The normalized spacial score (nSPS) is 24.3. The van der Waals surface area contributed by atoms with Crippen LogP contribution < -0.4 is 5.32 Å². The molecule has 2 aromatic carbocycles. The first-order chi connectivity index (χ1) is 15.9. The topological polar surface area (TPSA) is 18.5 Å². The lowest BCUT2D eigenvalue weighted by Gasteiger charge is -2.57. The van der Waals surface area contributed by atoms with E-state index in [1.807, 2.05) is 0 Å². The summed E-state index contributed by atoms with van der Waals surface area (Å²) in [6.07, 6.45) is 5.26. The first kappa shape index (κ1) is 22.9. The van der Waals surface area contributed by atoms with Gasteiger partial charge in [-0.1, -0.05) is 44.2 Å². The van der Waals surface area contributed by atoms with Gasteiger partial charge in [0.25, 0.3) is 0 Å². The fraction of sp³-hybridized carbons (Fsp3) is 0.571. The van der Waals surface area contributed by atoms with Crippen molar-refractivity contribution in [2.24, 2.45) is 5.41 Å². The molecule has 33 heavy (non-hydrogen) atoms. The molecule has 1 spiro atoms. The highest BCUT2D eigenvalue weighted by Gasteiger charge is 2.49. The number of halogens is 2. The number of hydrogen-bond donors (Lipinski definition) is 1. The van der Waals surface area contributed by atoms with Crippen LogP contribution in [-0.2, 0) is 6.54 Å². The SMILES string of the molecule is CC(C)c1ccccc1C1CN(Cc2ccc(F)c(F)c2)CCN1C1CC2(CCNCC2)C1. The minimum Gasteiger partial charge on any atom is -0.317 e. The molecule has 1 unspecified atom stereocenters. The smallest absolute Gasteiger partial charge is 0.159 e. The largest absolute Gasteiger partial charge is 0.317 e. The molecule has 3 aliphatic rings. The maximum Gasteiger partial charge on any atom is 0.159 e. The summed E-state index contributed by atoms with van der Waals surface area (Å²) in [6.45, 7) is 10.4. The molecular weight excluding hydrogens is 416 g/mol. The standard InChI is InChI=1S/C28H37F2N3/c1-20(2)23-5-3-4-6-24(23)27-19-32(18-21-7-8-25(29)26(30)15-21)13-14-33(27)22-16-28(17-22)9-11-31-12-10-28/h3-8,15,20,22,27,31H,9-14,16-19H2,1-2H3. The summed E-state index contributed by atoms with van der Waals surface area (Å²) in [4.78, 5) is 5.19. The number of rotatable bonds is 5. The van der Waals surface area contributed by atoms with Crippen LogP contribution in [0.4, 0.5) is 8.78 Å². The Bertz CT molecular complexity index is 961. The summed E-state index contributed by atoms with van der Waals surface area (Å²) in [6, 6.07) is 14.2. The molecule has 2 saturated heterocycles. The van der Waals surface area contributed by atoms with Crippen molar-refractivity contribution in [1.29, 1.82) is 0 Å². The molecule has 1 atom stereocenters. The van der Waals surface area contributed by atoms with Crippen LogP contribution in [0.15, 0.2) is 42.5 Å². The summed E-state index contributed by atoms with van der Waals surface area (Å²) in [5.74, 6) is -1.06. The average Bonchev–Trinajstić information content (AvgIpc) is 2.80. The summed E-state index contributed by atoms with van der Waals surface area (Å²) in [5.41, 5.74) is 4.27. The monoisotopic (exact) mass is 453 g/mol. The lowest BCUT2D eigenvalue weighted by Crippen LogP contribution is -2.59. The Morgan fingerprint density at radius 1 is 1.00 bits per heavy atom. The van der Waals surface area contributed by atoms with E-state index in [0.717, 1.165) is 38.3 Å². The molecule has 2 aliphatic heterocycles. The highest BCUT2D eigenvalue weighted by atomic mass is 19.2. The summed E-state index contributed by atoms with van der Waals surface area (Å²) >= 11 is 0. The van der Waals surface area contributed by atoms with Crippen LogP contribution in [0.5, 0.6) is 0 Å². The zero-order chi connectivity index (χ0) is 23.0. The van der Waals surface area contributed by atoms with E-state index in [0.29, 0.717) is 30.0 Å². The van der Waals surface area contributed by atoms with Crippen molar-refractivity contribution in [2.45, 2.75) is 64.1 Å². The number of benzene rings is 2. The zero-order valence-corrected chi connectivity index (χ0v) is 20.0. The number of hydrogen-bond acceptors (Lipinski definition) is 3. The van der Waals surface area contributed by atoms with E-state index >= 15 is 0 Å². The molecule has 3 nitrogen and oxygen atoms in total. The van der Waals surface area contributed by atoms with Gasteiger partial charge in [-0.3, -0.25) is 9.80 Å². The third-order valence-electron chi connectivity index (χ3n) is 8.34. The number of nitrogens with one attached hydrogen (secondary N) is 1. The molecule has 0 aromatic heterocycles. The van der Waals surface area contributed by atoms with E-state index in [1.165, 1.54) is 48.9 Å². The second-order valence-electron chi connectivity index (χ2n) is 10.8. The molecule has 1 N–H and O–H groups in total. The Morgan fingerprint density at radius 2 is 1.76 bits per heavy atom. The highest BCUT2D eigenvalue weighted by Crippen LogP contribution is 2.52. The van der Waals surface area contributed by atoms with Gasteiger partial charge in [0.15, 0.2) is 11.6 Å². The van der Waals surface area contributed by atoms with Crippen LogP contribution >= 0.6 is 0 Å². The molecule has 2 aromatic rings. The third-order valence-corrected chi connectivity index (χ3v) is 8.34. The van der Waals surface area contributed by atoms with E-state index in [1.54, 1.807) is 6.07 Å². The van der Waals surface area contributed by atoms with E-state index in [9.17, 15) is 8.78 Å². The van der Waals surface area contributed by atoms with E-state index in [2.05, 4.69) is 53.2 Å². The van der Waals surface area contributed by atoms with Gasteiger partial charge in [-0.2, -0.15) is 0 Å². The van der Waals surface area contributed by atoms with Crippen LogP contribution in [0.1, 0.15) is 68.2 Å². The highest BCUT2D eigenvalue weighted by molar-refractivity contribution is 5.33. The third kappa shape index (κ3) is 4.73. The maximum absolute atomic E-state index is 13.8. The van der Waals surface area contributed by atoms with E-state index in [-0.39, 0.29) is 0 Å². The maximum atomic E-state index is 13.8. The molecule has 1 saturated carbocycles. The zero-order valence-electron chi connectivity index (χ0n) is 20.0. The van der Waals surface area contributed by atoms with Gasteiger partial charge in [0.05, 0.1) is 0 Å². The van der Waals surface area contributed by atoms with Crippen LogP contribution in [0.3, 0.4) is 0 Å². The molecular formula is C28H37F2N3. The van der Waals surface area contributed by atoms with Gasteiger partial charge in [-0.05, 0) is 78.9 Å². The van der Waals surface area contributed by atoms with Crippen LogP contribution in [-0.4, -0.2) is 48.6 Å². The summed E-state index contributed by atoms with van der Waals surface area (Å²) in [7, 11) is 0. The van der Waals surface area contributed by atoms with Gasteiger partial charge >= 0.3 is 0 Å². The van der Waals surface area contributed by atoms with Crippen molar-refractivity contribution >= 4 is 0 Å². The Morgan fingerprint density at radius 3 is 2.48 bits per heavy atom. The Balaban J connectivity index is 1.37. The second-order valence-corrected chi connectivity index (χ2v) is 10.8. The molecule has 0 radical (unpaired) electrons. The average molecular weight is 454 g/mol. The molecule has 5 heteroatoms. The quantitative estimate of drug-likeness (QED) is 0.647. The van der Waals surface area contributed by atoms with Gasteiger partial charge in [0, 0.05) is 38.3 Å². The Kier molecular flexibility index (Phi) is 6.56. The van der Waals surface area contributed by atoms with Crippen molar-refractivity contribution in [3.05, 3.63) is 70.8 Å². The van der Waals surface area contributed by atoms with E-state index < -0.39 is 11.6 Å². The molecule has 2 heterocycles. The lowest BCUT2D eigenvalue weighted by atomic mass is 9.60. The van der Waals surface area contributed by atoms with Crippen LogP contribution in [0.2, 0.25) is 0 Å². The fourth-order valence-electron chi connectivity index (χ4n) is 6.49. The van der Waals surface area contributed by atoms with Gasteiger partial charge in [-0.15, -0.1) is 0 Å². The molecule has 3 fully saturated rings. The second kappa shape index (κ2) is 9.44. The predicted octanol–water partition coefficient (Wildman–Crippen LogP) is 5.48. The van der Waals surface area contributed by atoms with Crippen molar-refractivity contribution in [3.8, 4) is 0 Å². The van der Waals surface area contributed by atoms with Gasteiger partial charge in [0.1, 0.15) is 0 Å². The number of piperidine rings is 1. The summed E-state index contributed by atoms with van der Waals surface area (Å²) in [5, 5.41) is 3.52. The molecule has 178 valence electrons. The Hall–Kier alpha value is -1.82. The van der Waals surface area contributed by atoms with Crippen LogP contribution in [0, 0.1) is 17.0 Å². The molecule has 5 rings (SSSR count). The van der Waals surface area contributed by atoms with Crippen molar-refractivity contribution in [1.82, 2.24) is 15.1 Å². The van der Waals surface area contributed by atoms with Crippen molar-refractivity contribution in [2.75, 3.05) is 32.7 Å². The van der Waals surface area contributed by atoms with Crippen molar-refractivity contribution < 1.29 is 8.78 Å². The number of piperazine rings is 1. The van der Waals surface area contributed by atoms with Crippen LogP contribution in [0.25, 0.3) is 0 Å². The molecule has 0 bridgehead atoms. The Labute approximate surface area is 197 Å². The predicted molar refractivity (Wildman–Crippen MR) is 129 cm³/mol. The summed E-state index contributed by atoms with van der Waals surface area (Å²) < 4.78 is 27.2.